The van der Waals surface area contributed by atoms with E-state index in [-0.39, 0.29) is 35.8 Å². The van der Waals surface area contributed by atoms with E-state index in [9.17, 15) is 9.18 Å². The Morgan fingerprint density at radius 2 is 2.05 bits per heavy atom. The van der Waals surface area contributed by atoms with E-state index in [0.29, 0.717) is 59.7 Å². The minimum absolute atomic E-state index is 0.00237. The number of pyridine rings is 1. The third-order valence-electron chi connectivity index (χ3n) is 9.02. The smallest absolute Gasteiger partial charge is 0.319 e. The van der Waals surface area contributed by atoms with Gasteiger partial charge in [-0.1, -0.05) is 48.5 Å². The van der Waals surface area contributed by atoms with E-state index in [1.807, 2.05) is 24.3 Å². The molecule has 0 unspecified atom stereocenters. The molecule has 7 rings (SSSR count). The quantitative estimate of drug-likeness (QED) is 0.267. The SMILES string of the molecule is C=CC(=O)N1CC[C@@H](Nc2nc(OC[C@@]34CCCN3C[C@H](F)C4)nc3c(F)c(-c4cccc5cccc(Cl)c45)ncc23)C1. The first-order valence-corrected chi connectivity index (χ1v) is 15.0. The molecule has 11 heteroatoms. The number of alkyl halides is 1. The zero-order valence-corrected chi connectivity index (χ0v) is 24.3. The van der Waals surface area contributed by atoms with Gasteiger partial charge in [0.05, 0.1) is 10.9 Å². The Morgan fingerprint density at radius 1 is 1.21 bits per heavy atom. The van der Waals surface area contributed by atoms with E-state index < -0.39 is 17.5 Å². The highest BCUT2D eigenvalue weighted by molar-refractivity contribution is 6.36. The van der Waals surface area contributed by atoms with Crippen molar-refractivity contribution in [2.75, 3.05) is 38.1 Å². The first kappa shape index (κ1) is 27.9. The molecule has 3 aliphatic rings. The predicted octanol–water partition coefficient (Wildman–Crippen LogP) is 5.79. The second-order valence-electron chi connectivity index (χ2n) is 11.7. The molecule has 3 aliphatic heterocycles. The predicted molar refractivity (Wildman–Crippen MR) is 163 cm³/mol. The average Bonchev–Trinajstić information content (AvgIpc) is 3.70. The number of hydrogen-bond acceptors (Lipinski definition) is 7. The summed E-state index contributed by atoms with van der Waals surface area (Å²) in [5.74, 6) is -0.405. The van der Waals surface area contributed by atoms with Crippen LogP contribution >= 0.6 is 11.6 Å². The normalized spacial score (nSPS) is 23.7. The Balaban J connectivity index is 1.29. The molecule has 0 aliphatic carbocycles. The summed E-state index contributed by atoms with van der Waals surface area (Å²) in [5, 5.41) is 5.82. The van der Waals surface area contributed by atoms with E-state index in [1.54, 1.807) is 23.2 Å². The van der Waals surface area contributed by atoms with Gasteiger partial charge in [0.1, 0.15) is 29.8 Å². The van der Waals surface area contributed by atoms with Crippen molar-refractivity contribution in [3.05, 3.63) is 66.1 Å². The van der Waals surface area contributed by atoms with Crippen LogP contribution in [0.15, 0.2) is 55.3 Å². The van der Waals surface area contributed by atoms with Crippen LogP contribution in [0.25, 0.3) is 32.9 Å². The molecular formula is C32H31ClF2N6O2. The fourth-order valence-electron chi connectivity index (χ4n) is 6.94. The van der Waals surface area contributed by atoms with Crippen molar-refractivity contribution in [3.63, 3.8) is 0 Å². The lowest BCUT2D eigenvalue weighted by Gasteiger charge is -2.30. The molecule has 1 N–H and O–H groups in total. The monoisotopic (exact) mass is 604 g/mol. The summed E-state index contributed by atoms with van der Waals surface area (Å²) >= 11 is 6.56. The molecule has 0 spiro atoms. The van der Waals surface area contributed by atoms with Crippen molar-refractivity contribution in [2.24, 2.45) is 0 Å². The number of aromatic nitrogens is 3. The number of carbonyl (C=O) groups is 1. The molecule has 43 heavy (non-hydrogen) atoms. The summed E-state index contributed by atoms with van der Waals surface area (Å²) < 4.78 is 37.1. The van der Waals surface area contributed by atoms with Crippen LogP contribution in [0.2, 0.25) is 5.02 Å². The fraction of sp³-hybridized carbons (Fsp3) is 0.375. The summed E-state index contributed by atoms with van der Waals surface area (Å²) in [7, 11) is 0. The van der Waals surface area contributed by atoms with Gasteiger partial charge in [0.15, 0.2) is 5.82 Å². The molecule has 3 saturated heterocycles. The Labute approximate surface area is 252 Å². The van der Waals surface area contributed by atoms with Gasteiger partial charge in [0.25, 0.3) is 0 Å². The van der Waals surface area contributed by atoms with Gasteiger partial charge in [0, 0.05) is 54.3 Å². The van der Waals surface area contributed by atoms with Gasteiger partial charge >= 0.3 is 6.01 Å². The minimum atomic E-state index is -0.902. The first-order valence-electron chi connectivity index (χ1n) is 14.6. The van der Waals surface area contributed by atoms with Crippen molar-refractivity contribution in [1.29, 1.82) is 0 Å². The van der Waals surface area contributed by atoms with Crippen molar-refractivity contribution in [1.82, 2.24) is 24.8 Å². The highest BCUT2D eigenvalue weighted by atomic mass is 35.5. The third kappa shape index (κ3) is 4.96. The lowest BCUT2D eigenvalue weighted by atomic mass is 9.95. The van der Waals surface area contributed by atoms with Crippen molar-refractivity contribution >= 4 is 45.0 Å². The molecular weight excluding hydrogens is 574 g/mol. The number of ether oxygens (including phenoxy) is 1. The van der Waals surface area contributed by atoms with Crippen LogP contribution in [0.4, 0.5) is 14.6 Å². The second kappa shape index (κ2) is 11.0. The number of benzene rings is 2. The maximum atomic E-state index is 16.5. The lowest BCUT2D eigenvalue weighted by molar-refractivity contribution is -0.125. The third-order valence-corrected chi connectivity index (χ3v) is 9.33. The van der Waals surface area contributed by atoms with Gasteiger partial charge in [-0.2, -0.15) is 9.97 Å². The number of likely N-dealkylation sites (tertiary alicyclic amines) is 1. The maximum absolute atomic E-state index is 16.5. The number of carbonyl (C=O) groups excluding carboxylic acids is 1. The summed E-state index contributed by atoms with van der Waals surface area (Å²) in [4.78, 5) is 29.7. The Hall–Kier alpha value is -3.89. The van der Waals surface area contributed by atoms with E-state index in [0.717, 1.165) is 24.8 Å². The minimum Gasteiger partial charge on any atom is -0.461 e. The van der Waals surface area contributed by atoms with Gasteiger partial charge in [-0.05, 0) is 43.3 Å². The summed E-state index contributed by atoms with van der Waals surface area (Å²) in [5.41, 5.74) is 0.299. The van der Waals surface area contributed by atoms with Gasteiger partial charge in [-0.15, -0.1) is 0 Å². The van der Waals surface area contributed by atoms with Crippen molar-refractivity contribution < 1.29 is 18.3 Å². The molecule has 2 aromatic heterocycles. The number of nitrogens with zero attached hydrogens (tertiary/aromatic N) is 5. The molecule has 4 aromatic rings. The highest BCUT2D eigenvalue weighted by Crippen LogP contribution is 2.41. The van der Waals surface area contributed by atoms with Crippen LogP contribution in [-0.2, 0) is 4.79 Å². The van der Waals surface area contributed by atoms with E-state index in [2.05, 4.69) is 31.7 Å². The summed E-state index contributed by atoms with van der Waals surface area (Å²) in [6, 6.07) is 10.9. The number of amides is 1. The molecule has 8 nitrogen and oxygen atoms in total. The Bertz CT molecular complexity index is 1750. The topological polar surface area (TPSA) is 83.5 Å². The summed E-state index contributed by atoms with van der Waals surface area (Å²) in [6.45, 7) is 6.03. The maximum Gasteiger partial charge on any atom is 0.319 e. The van der Waals surface area contributed by atoms with Gasteiger partial charge in [-0.25, -0.2) is 8.78 Å². The van der Waals surface area contributed by atoms with Gasteiger partial charge in [-0.3, -0.25) is 14.7 Å². The van der Waals surface area contributed by atoms with E-state index in [1.165, 1.54) is 6.08 Å². The van der Waals surface area contributed by atoms with Crippen molar-refractivity contribution in [3.8, 4) is 17.3 Å². The van der Waals surface area contributed by atoms with Crippen LogP contribution in [-0.4, -0.2) is 81.2 Å². The molecule has 3 fully saturated rings. The molecule has 5 heterocycles. The fourth-order valence-corrected chi connectivity index (χ4v) is 7.22. The Morgan fingerprint density at radius 3 is 2.88 bits per heavy atom. The largest absolute Gasteiger partial charge is 0.461 e. The second-order valence-corrected chi connectivity index (χ2v) is 12.1. The number of anilines is 1. The number of rotatable bonds is 7. The lowest BCUT2D eigenvalue weighted by Crippen LogP contribution is -2.43. The number of halogens is 3. The summed E-state index contributed by atoms with van der Waals surface area (Å²) in [6.07, 6.45) is 4.82. The first-order chi connectivity index (χ1) is 20.8. The Kier molecular flexibility index (Phi) is 7.13. The molecule has 222 valence electrons. The molecule has 0 saturated carbocycles. The van der Waals surface area contributed by atoms with E-state index >= 15 is 4.39 Å². The van der Waals surface area contributed by atoms with Crippen molar-refractivity contribution in [2.45, 2.75) is 43.4 Å². The molecule has 0 radical (unpaired) electrons. The molecule has 0 bridgehead atoms. The van der Waals surface area contributed by atoms with Crippen LogP contribution in [0, 0.1) is 5.82 Å². The standard InChI is InChI=1S/C32H31ClF2N6O2/c1-2-25(42)40-13-10-21(17-40)37-30-23-15-36-28(22-8-3-6-19-7-4-9-24(33)26(19)22)27(35)29(23)38-31(39-30)43-18-32-11-5-12-41(32)16-20(34)14-32/h2-4,6-9,15,20-21H,1,5,10-14,16-18H2,(H,37,38,39)/t20-,21-,32+/m1/s1. The zero-order valence-electron chi connectivity index (χ0n) is 23.5. The van der Waals surface area contributed by atoms with Crippen LogP contribution < -0.4 is 10.1 Å². The van der Waals surface area contributed by atoms with E-state index in [4.69, 9.17) is 16.3 Å². The van der Waals surface area contributed by atoms with Gasteiger partial charge in [0.2, 0.25) is 5.91 Å². The number of fused-ring (bicyclic) bond motifs is 3. The molecule has 1 amide bonds. The number of nitrogens with one attached hydrogen (secondary N) is 1. The number of hydrogen-bond donors (Lipinski definition) is 1. The van der Waals surface area contributed by atoms with Gasteiger partial charge < -0.3 is 15.0 Å². The highest BCUT2D eigenvalue weighted by Gasteiger charge is 2.49. The van der Waals surface area contributed by atoms with Crippen LogP contribution in [0.1, 0.15) is 25.7 Å². The molecule has 3 atom stereocenters. The van der Waals surface area contributed by atoms with Crippen LogP contribution in [0.3, 0.4) is 0 Å². The average molecular weight is 605 g/mol. The zero-order chi connectivity index (χ0) is 29.7. The molecule has 2 aromatic carbocycles. The van der Waals surface area contributed by atoms with Crippen LogP contribution in [0.5, 0.6) is 6.01 Å².